The van der Waals surface area contributed by atoms with E-state index in [4.69, 9.17) is 9.47 Å². The molecule has 0 unspecified atom stereocenters. The molecular weight excluding hydrogens is 378 g/mol. The largest absolute Gasteiger partial charge is 0.465 e. The van der Waals surface area contributed by atoms with Crippen molar-refractivity contribution in [2.45, 2.75) is 19.4 Å². The number of esters is 3. The smallest absolute Gasteiger partial charge is 0.339 e. The van der Waals surface area contributed by atoms with Crippen LogP contribution >= 0.6 is 0 Å². The summed E-state index contributed by atoms with van der Waals surface area (Å²) in [4.78, 5) is 48.8. The summed E-state index contributed by atoms with van der Waals surface area (Å²) in [5.74, 6) is -2.55. The number of ether oxygens (including phenoxy) is 3. The number of hydrogen-bond donors (Lipinski definition) is 1. The first kappa shape index (κ1) is 20.1. The number of rotatable bonds is 4. The highest BCUT2D eigenvalue weighted by molar-refractivity contribution is 6.05. The number of amides is 1. The number of nitrogens with one attached hydrogen (secondary N) is 1. The molecule has 1 aliphatic rings. The molecule has 1 aliphatic heterocycles. The number of hydrogen-bond acceptors (Lipinski definition) is 7. The third-order valence-corrected chi connectivity index (χ3v) is 4.54. The van der Waals surface area contributed by atoms with Crippen molar-refractivity contribution in [2.24, 2.45) is 0 Å². The van der Waals surface area contributed by atoms with E-state index in [9.17, 15) is 19.2 Å². The molecule has 1 amide bonds. The fourth-order valence-corrected chi connectivity index (χ4v) is 3.03. The number of cyclic esters (lactones) is 1. The number of carbonyl (C=O) groups is 4. The Labute approximate surface area is 166 Å². The first-order valence-corrected chi connectivity index (χ1v) is 8.76. The summed E-state index contributed by atoms with van der Waals surface area (Å²) in [6.45, 7) is 1.86. The lowest BCUT2D eigenvalue weighted by Gasteiger charge is -2.24. The van der Waals surface area contributed by atoms with Gasteiger partial charge in [-0.25, -0.2) is 14.4 Å². The standard InChI is InChI=1S/C21H19NO7/c1-11-4-5-12-10-17(29-21(26)15(12)8-11)18(23)22-16-9-13(19(24)27-2)6-7-14(16)20(25)28-3/h4-9,17H,10H2,1-3H3,(H,22,23)/t17-/m1/s1. The van der Waals surface area contributed by atoms with Crippen LogP contribution in [0.25, 0.3) is 0 Å². The zero-order valence-electron chi connectivity index (χ0n) is 16.1. The molecule has 0 fully saturated rings. The zero-order valence-corrected chi connectivity index (χ0v) is 16.1. The minimum absolute atomic E-state index is 0.0478. The van der Waals surface area contributed by atoms with E-state index in [1.807, 2.05) is 13.0 Å². The maximum atomic E-state index is 12.7. The zero-order chi connectivity index (χ0) is 21.1. The van der Waals surface area contributed by atoms with Crippen molar-refractivity contribution in [1.82, 2.24) is 0 Å². The van der Waals surface area contributed by atoms with Gasteiger partial charge in [0.15, 0.2) is 6.10 Å². The number of aryl methyl sites for hydroxylation is 1. The van der Waals surface area contributed by atoms with E-state index in [1.165, 1.54) is 32.4 Å². The molecule has 150 valence electrons. The van der Waals surface area contributed by atoms with E-state index in [-0.39, 0.29) is 23.2 Å². The third-order valence-electron chi connectivity index (χ3n) is 4.54. The summed E-state index contributed by atoms with van der Waals surface area (Å²) >= 11 is 0. The van der Waals surface area contributed by atoms with Gasteiger partial charge < -0.3 is 19.5 Å². The van der Waals surface area contributed by atoms with Gasteiger partial charge in [0.2, 0.25) is 0 Å². The molecule has 0 saturated carbocycles. The number of anilines is 1. The highest BCUT2D eigenvalue weighted by Gasteiger charge is 2.32. The molecular formula is C21H19NO7. The van der Waals surface area contributed by atoms with Gasteiger partial charge in [0.05, 0.1) is 36.6 Å². The fourth-order valence-electron chi connectivity index (χ4n) is 3.03. The van der Waals surface area contributed by atoms with Crippen molar-refractivity contribution < 1.29 is 33.4 Å². The maximum Gasteiger partial charge on any atom is 0.339 e. The second-order valence-electron chi connectivity index (χ2n) is 6.49. The summed E-state index contributed by atoms with van der Waals surface area (Å²) in [7, 11) is 2.42. The molecule has 2 aromatic rings. The quantitative estimate of drug-likeness (QED) is 0.623. The topological polar surface area (TPSA) is 108 Å². The van der Waals surface area contributed by atoms with Crippen molar-refractivity contribution in [1.29, 1.82) is 0 Å². The van der Waals surface area contributed by atoms with Crippen LogP contribution in [0.5, 0.6) is 0 Å². The van der Waals surface area contributed by atoms with Crippen molar-refractivity contribution >= 4 is 29.5 Å². The Morgan fingerprint density at radius 2 is 1.76 bits per heavy atom. The average molecular weight is 397 g/mol. The number of benzene rings is 2. The number of methoxy groups -OCH3 is 2. The minimum atomic E-state index is -1.08. The summed E-state index contributed by atoms with van der Waals surface area (Å²) in [5.41, 5.74) is 2.27. The second-order valence-corrected chi connectivity index (χ2v) is 6.49. The van der Waals surface area contributed by atoms with Crippen molar-refractivity contribution in [3.63, 3.8) is 0 Å². The maximum absolute atomic E-state index is 12.7. The van der Waals surface area contributed by atoms with Crippen LogP contribution in [0, 0.1) is 6.92 Å². The van der Waals surface area contributed by atoms with Gasteiger partial charge >= 0.3 is 17.9 Å². The molecule has 0 saturated heterocycles. The van der Waals surface area contributed by atoms with E-state index in [1.54, 1.807) is 12.1 Å². The predicted molar refractivity (Wildman–Crippen MR) is 102 cm³/mol. The molecule has 0 spiro atoms. The molecule has 2 aromatic carbocycles. The lowest BCUT2D eigenvalue weighted by atomic mass is 9.96. The fraction of sp³-hybridized carbons (Fsp3) is 0.238. The average Bonchev–Trinajstić information content (AvgIpc) is 2.72. The lowest BCUT2D eigenvalue weighted by Crippen LogP contribution is -2.38. The molecule has 3 rings (SSSR count). The predicted octanol–water partition coefficient (Wildman–Crippen LogP) is 2.29. The van der Waals surface area contributed by atoms with Gasteiger partial charge in [0.25, 0.3) is 5.91 Å². The third kappa shape index (κ3) is 4.11. The lowest BCUT2D eigenvalue weighted by molar-refractivity contribution is -0.125. The van der Waals surface area contributed by atoms with Crippen molar-refractivity contribution in [3.05, 3.63) is 64.2 Å². The van der Waals surface area contributed by atoms with E-state index in [2.05, 4.69) is 10.1 Å². The van der Waals surface area contributed by atoms with Gasteiger partial charge in [-0.15, -0.1) is 0 Å². The highest BCUT2D eigenvalue weighted by Crippen LogP contribution is 2.25. The molecule has 1 heterocycles. The first-order chi connectivity index (χ1) is 13.8. The molecule has 1 N–H and O–H groups in total. The van der Waals surface area contributed by atoms with Crippen molar-refractivity contribution in [3.8, 4) is 0 Å². The van der Waals surface area contributed by atoms with Gasteiger partial charge in [0, 0.05) is 6.42 Å². The molecule has 8 nitrogen and oxygen atoms in total. The Morgan fingerprint density at radius 3 is 2.45 bits per heavy atom. The monoisotopic (exact) mass is 397 g/mol. The molecule has 0 aliphatic carbocycles. The van der Waals surface area contributed by atoms with E-state index in [0.717, 1.165) is 5.56 Å². The van der Waals surface area contributed by atoms with E-state index < -0.39 is 29.9 Å². The van der Waals surface area contributed by atoms with Crippen LogP contribution in [-0.2, 0) is 25.4 Å². The highest BCUT2D eigenvalue weighted by atomic mass is 16.5. The summed E-state index contributed by atoms with van der Waals surface area (Å²) in [6.07, 6.45) is -0.887. The van der Waals surface area contributed by atoms with Crippen LogP contribution in [0.4, 0.5) is 5.69 Å². The van der Waals surface area contributed by atoms with Gasteiger partial charge in [-0.05, 0) is 36.8 Å². The molecule has 1 atom stereocenters. The van der Waals surface area contributed by atoms with Crippen LogP contribution in [-0.4, -0.2) is 44.1 Å². The van der Waals surface area contributed by atoms with Crippen LogP contribution in [0.3, 0.4) is 0 Å². The summed E-state index contributed by atoms with van der Waals surface area (Å²) < 4.78 is 14.6. The second kappa shape index (κ2) is 8.14. The molecule has 0 aromatic heterocycles. The Kier molecular flexibility index (Phi) is 5.63. The first-order valence-electron chi connectivity index (χ1n) is 8.76. The normalized spacial score (nSPS) is 15.0. The van der Waals surface area contributed by atoms with Gasteiger partial charge in [-0.1, -0.05) is 17.7 Å². The summed E-state index contributed by atoms with van der Waals surface area (Å²) in [6, 6.07) is 9.37. The molecule has 0 radical (unpaired) electrons. The van der Waals surface area contributed by atoms with Crippen molar-refractivity contribution in [2.75, 3.05) is 19.5 Å². The minimum Gasteiger partial charge on any atom is -0.465 e. The van der Waals surface area contributed by atoms with E-state index >= 15 is 0 Å². The molecule has 0 bridgehead atoms. The summed E-state index contributed by atoms with van der Waals surface area (Å²) in [5, 5.41) is 2.55. The Balaban J connectivity index is 1.88. The Morgan fingerprint density at radius 1 is 1.03 bits per heavy atom. The Bertz CT molecular complexity index is 1010. The van der Waals surface area contributed by atoms with Crippen LogP contribution < -0.4 is 5.32 Å². The van der Waals surface area contributed by atoms with Crippen LogP contribution in [0.1, 0.15) is 42.2 Å². The number of carbonyl (C=O) groups excluding carboxylic acids is 4. The SMILES string of the molecule is COC(=O)c1ccc(C(=O)OC)c(NC(=O)[C@H]2Cc3ccc(C)cc3C(=O)O2)c1. The molecule has 29 heavy (non-hydrogen) atoms. The van der Waals surface area contributed by atoms with Gasteiger partial charge in [-0.2, -0.15) is 0 Å². The van der Waals surface area contributed by atoms with Gasteiger partial charge in [0.1, 0.15) is 0 Å². The molecule has 8 heteroatoms. The number of fused-ring (bicyclic) bond motifs is 1. The van der Waals surface area contributed by atoms with Gasteiger partial charge in [-0.3, -0.25) is 4.79 Å². The van der Waals surface area contributed by atoms with E-state index in [0.29, 0.717) is 11.1 Å². The van der Waals surface area contributed by atoms with Crippen LogP contribution in [0.15, 0.2) is 36.4 Å². The Hall–Kier alpha value is -3.68. The van der Waals surface area contributed by atoms with Crippen LogP contribution in [0.2, 0.25) is 0 Å².